The zero-order chi connectivity index (χ0) is 10.1. The number of halogens is 2. The van der Waals surface area contributed by atoms with Crippen LogP contribution in [-0.2, 0) is 19.2 Å². The van der Waals surface area contributed by atoms with Crippen LogP contribution >= 0.6 is 0 Å². The van der Waals surface area contributed by atoms with E-state index in [1.807, 2.05) is 0 Å². The molecule has 0 N–H and O–H groups in total. The van der Waals surface area contributed by atoms with Gasteiger partial charge in [-0.3, -0.25) is 0 Å². The summed E-state index contributed by atoms with van der Waals surface area (Å²) in [6, 6.07) is 0. The van der Waals surface area contributed by atoms with Gasteiger partial charge < -0.3 is 24.8 Å². The van der Waals surface area contributed by atoms with Crippen molar-refractivity contribution in [2.45, 2.75) is 29.9 Å². The van der Waals surface area contributed by atoms with Gasteiger partial charge in [-0.1, -0.05) is 0 Å². The van der Waals surface area contributed by atoms with Crippen LogP contribution in [0, 0.1) is 5.92 Å². The van der Waals surface area contributed by atoms with E-state index in [2.05, 4.69) is 36.5 Å². The fraction of sp³-hybridized carbons (Fsp3) is 0.429. The predicted molar refractivity (Wildman–Crippen MR) is 60.2 cm³/mol. The molecule has 0 heterocycles. The van der Waals surface area contributed by atoms with Crippen molar-refractivity contribution in [3.63, 3.8) is 0 Å². The van der Waals surface area contributed by atoms with Crippen LogP contribution in [0.4, 0.5) is 0 Å². The molecular formula is C14H16Cl2Ti. The monoisotopic (exact) mass is 302 g/mol. The van der Waals surface area contributed by atoms with E-state index in [1.165, 1.54) is 25.7 Å². The second kappa shape index (κ2) is 6.99. The normalized spacial score (nSPS) is 28.5. The van der Waals surface area contributed by atoms with Gasteiger partial charge in [-0.2, -0.15) is 0 Å². The molecule has 2 unspecified atom stereocenters. The maximum Gasteiger partial charge on any atom is -1.00 e. The van der Waals surface area contributed by atoms with E-state index in [9.17, 15) is 0 Å². The topological polar surface area (TPSA) is 0 Å². The summed E-state index contributed by atoms with van der Waals surface area (Å²) in [7, 11) is 0. The minimum atomic E-state index is 0. The first-order valence-electron chi connectivity index (χ1n) is 5.92. The van der Waals surface area contributed by atoms with Crippen molar-refractivity contribution in [2.75, 3.05) is 0 Å². The largest absolute Gasteiger partial charge is 1.00 e. The molecule has 3 heteroatoms. The minimum Gasteiger partial charge on any atom is -1.00 e. The van der Waals surface area contributed by atoms with E-state index >= 15 is 0 Å². The van der Waals surface area contributed by atoms with Gasteiger partial charge in [0.15, 0.2) is 0 Å². The van der Waals surface area contributed by atoms with E-state index in [-0.39, 0.29) is 44.0 Å². The maximum atomic E-state index is 2.41. The van der Waals surface area contributed by atoms with Gasteiger partial charge in [0.25, 0.3) is 0 Å². The Morgan fingerprint density at radius 1 is 1.00 bits per heavy atom. The molecule has 3 aliphatic rings. The van der Waals surface area contributed by atoms with E-state index < -0.39 is 0 Å². The van der Waals surface area contributed by atoms with Gasteiger partial charge in [0.05, 0.1) is 0 Å². The van der Waals surface area contributed by atoms with Crippen LogP contribution in [0.1, 0.15) is 25.7 Å². The number of rotatable bonds is 2. The summed E-state index contributed by atoms with van der Waals surface area (Å²) in [5.74, 6) is 0.915. The Morgan fingerprint density at radius 2 is 1.82 bits per heavy atom. The molecule has 1 saturated carbocycles. The van der Waals surface area contributed by atoms with Crippen molar-refractivity contribution < 1.29 is 44.0 Å². The molecule has 0 saturated heterocycles. The zero-order valence-electron chi connectivity index (χ0n) is 9.70. The van der Waals surface area contributed by atoms with E-state index in [0.717, 1.165) is 10.1 Å². The van der Waals surface area contributed by atoms with Gasteiger partial charge in [0, 0.05) is 0 Å². The molecule has 0 spiro atoms. The average molecular weight is 303 g/mol. The molecule has 0 aromatic heterocycles. The van der Waals surface area contributed by atoms with Gasteiger partial charge in [0.2, 0.25) is 0 Å². The summed E-state index contributed by atoms with van der Waals surface area (Å²) >= 11 is 0.126. The van der Waals surface area contributed by atoms with Crippen LogP contribution in [0.25, 0.3) is 0 Å². The van der Waals surface area contributed by atoms with Crippen molar-refractivity contribution in [3.05, 3.63) is 45.9 Å². The smallest absolute Gasteiger partial charge is 1.00 e. The first-order chi connectivity index (χ1) is 7.43. The third kappa shape index (κ3) is 3.38. The SMILES string of the molecule is C1=CC[C]([Ti+2][CH]2CCC3CC=CC=C32)=C1.[Cl-].[Cl-]. The third-order valence-electron chi connectivity index (χ3n) is 3.65. The standard InChI is InChI=1S/C9H11.C5H5.2ClH.Ti/c1-2-5-9-7-3-6-8(9)4-1;1-2-4-5-3-1;;;/h1-2,4,6,9H,3,5,7H2;1-3H,4H2;2*1H;/q;;;;+2/p-2. The molecule has 0 amide bonds. The van der Waals surface area contributed by atoms with Gasteiger partial charge in [-0.05, 0) is 0 Å². The van der Waals surface area contributed by atoms with E-state index in [0.29, 0.717) is 0 Å². The number of allylic oxidation sites excluding steroid dienone is 8. The van der Waals surface area contributed by atoms with Crippen molar-refractivity contribution in [1.29, 1.82) is 0 Å². The third-order valence-corrected chi connectivity index (χ3v) is 6.33. The van der Waals surface area contributed by atoms with Crippen molar-refractivity contribution in [1.82, 2.24) is 0 Å². The molecule has 17 heavy (non-hydrogen) atoms. The van der Waals surface area contributed by atoms with Gasteiger partial charge in [-0.15, -0.1) is 0 Å². The predicted octanol–water partition coefficient (Wildman–Crippen LogP) is -1.99. The van der Waals surface area contributed by atoms with Crippen molar-refractivity contribution >= 4 is 0 Å². The summed E-state index contributed by atoms with van der Waals surface area (Å²) in [5, 5.41) is 0. The number of hydrogen-bond acceptors (Lipinski definition) is 0. The van der Waals surface area contributed by atoms with Gasteiger partial charge in [0.1, 0.15) is 0 Å². The number of fused-ring (bicyclic) bond motifs is 1. The van der Waals surface area contributed by atoms with Crippen molar-refractivity contribution in [3.8, 4) is 0 Å². The molecule has 0 aliphatic heterocycles. The fourth-order valence-corrected chi connectivity index (χ4v) is 5.48. The van der Waals surface area contributed by atoms with E-state index in [4.69, 9.17) is 0 Å². The summed E-state index contributed by atoms with van der Waals surface area (Å²) in [4.78, 5) is 0. The Bertz CT molecular complexity index is 380. The first kappa shape index (κ1) is 15.3. The summed E-state index contributed by atoms with van der Waals surface area (Å²) in [6.45, 7) is 0. The van der Waals surface area contributed by atoms with Crippen LogP contribution in [-0.4, -0.2) is 0 Å². The summed E-state index contributed by atoms with van der Waals surface area (Å²) in [6.07, 6.45) is 19.4. The molecule has 0 nitrogen and oxygen atoms in total. The van der Waals surface area contributed by atoms with Crippen LogP contribution in [0.15, 0.2) is 45.9 Å². The van der Waals surface area contributed by atoms with Crippen LogP contribution in [0.3, 0.4) is 0 Å². The Kier molecular flexibility index (Phi) is 6.30. The molecule has 1 fully saturated rings. The second-order valence-electron chi connectivity index (χ2n) is 4.63. The molecule has 3 aliphatic carbocycles. The summed E-state index contributed by atoms with van der Waals surface area (Å²) in [5.41, 5.74) is 1.80. The molecule has 0 radical (unpaired) electrons. The van der Waals surface area contributed by atoms with Crippen LogP contribution < -0.4 is 24.8 Å². The van der Waals surface area contributed by atoms with E-state index in [1.54, 1.807) is 9.45 Å². The molecular weight excluding hydrogens is 287 g/mol. The molecule has 90 valence electrons. The number of hydrogen-bond donors (Lipinski definition) is 0. The fourth-order valence-electron chi connectivity index (χ4n) is 2.85. The average Bonchev–Trinajstić information content (AvgIpc) is 2.89. The molecule has 0 aromatic carbocycles. The maximum absolute atomic E-state index is 2.41. The molecule has 2 atom stereocenters. The Labute approximate surface area is 125 Å². The van der Waals surface area contributed by atoms with Crippen LogP contribution in [0.5, 0.6) is 0 Å². The minimum absolute atomic E-state index is 0. The summed E-state index contributed by atoms with van der Waals surface area (Å²) < 4.78 is 2.74. The quantitative estimate of drug-likeness (QED) is 0.518. The van der Waals surface area contributed by atoms with Crippen molar-refractivity contribution in [2.24, 2.45) is 5.92 Å². The van der Waals surface area contributed by atoms with Gasteiger partial charge in [-0.25, -0.2) is 0 Å². The molecule has 0 bridgehead atoms. The second-order valence-corrected chi connectivity index (χ2v) is 7.17. The van der Waals surface area contributed by atoms with Gasteiger partial charge >= 0.3 is 101 Å². The zero-order valence-corrected chi connectivity index (χ0v) is 12.8. The Balaban J connectivity index is 0.000000722. The molecule has 0 aromatic rings. The first-order valence-corrected chi connectivity index (χ1v) is 7.60. The Morgan fingerprint density at radius 3 is 2.59 bits per heavy atom. The molecule has 3 rings (SSSR count). The Hall–Kier alpha value is 0.254. The van der Waals surface area contributed by atoms with Crippen LogP contribution in [0.2, 0.25) is 4.22 Å².